The number of anilines is 1. The second-order valence-electron chi connectivity index (χ2n) is 6.10. The van der Waals surface area contributed by atoms with E-state index >= 15 is 0 Å². The van der Waals surface area contributed by atoms with Crippen LogP contribution in [0.4, 0.5) is 5.69 Å². The lowest BCUT2D eigenvalue weighted by Crippen LogP contribution is -2.32. The predicted molar refractivity (Wildman–Crippen MR) is 92.1 cm³/mol. The first-order valence-corrected chi connectivity index (χ1v) is 8.13. The smallest absolute Gasteiger partial charge is 0.259 e. The van der Waals surface area contributed by atoms with Crippen LogP contribution in [0.5, 0.6) is 0 Å². The molecule has 1 amide bonds. The van der Waals surface area contributed by atoms with Crippen LogP contribution in [0.3, 0.4) is 0 Å². The van der Waals surface area contributed by atoms with E-state index in [0.717, 1.165) is 24.3 Å². The van der Waals surface area contributed by atoms with Crippen molar-refractivity contribution in [2.45, 2.75) is 19.4 Å². The molecule has 1 aliphatic heterocycles. The number of fused-ring (bicyclic) bond motifs is 1. The first-order valence-electron chi connectivity index (χ1n) is 8.13. The third-order valence-electron chi connectivity index (χ3n) is 4.40. The fraction of sp³-hybridized carbons (Fsp3) is 0.278. The van der Waals surface area contributed by atoms with Crippen LogP contribution in [0.15, 0.2) is 48.8 Å². The highest BCUT2D eigenvalue weighted by Crippen LogP contribution is 2.21. The molecule has 0 saturated carbocycles. The maximum absolute atomic E-state index is 12.9. The quantitative estimate of drug-likeness (QED) is 0.804. The second-order valence-corrected chi connectivity index (χ2v) is 6.10. The highest BCUT2D eigenvalue weighted by atomic mass is 16.2. The van der Waals surface area contributed by atoms with E-state index in [2.05, 4.69) is 15.4 Å². The van der Waals surface area contributed by atoms with E-state index in [-0.39, 0.29) is 11.9 Å². The molecule has 122 valence electrons. The lowest BCUT2D eigenvalue weighted by atomic mass is 10.2. The Morgan fingerprint density at radius 1 is 1.25 bits per heavy atom. The lowest BCUT2D eigenvalue weighted by Gasteiger charge is -2.17. The average Bonchev–Trinajstić information content (AvgIpc) is 3.19. The molecule has 1 saturated heterocycles. The molecule has 0 unspecified atom stereocenters. The topological polar surface area (TPSA) is 62.5 Å². The summed E-state index contributed by atoms with van der Waals surface area (Å²) in [6, 6.07) is 12.2. The van der Waals surface area contributed by atoms with Crippen LogP contribution >= 0.6 is 0 Å². The summed E-state index contributed by atoms with van der Waals surface area (Å²) < 4.78 is 1.67. The summed E-state index contributed by atoms with van der Waals surface area (Å²) in [6.45, 7) is 3.29. The van der Waals surface area contributed by atoms with Gasteiger partial charge in [0.05, 0.1) is 5.69 Å². The SMILES string of the molecule is Cc1nn2cccnc2c1C(=O)N1CC[C@H](Nc2ccccc2)C1. The Morgan fingerprint density at radius 3 is 2.92 bits per heavy atom. The average molecular weight is 321 g/mol. The van der Waals surface area contributed by atoms with Crippen LogP contribution in [-0.4, -0.2) is 44.5 Å². The van der Waals surface area contributed by atoms with Crippen LogP contribution in [-0.2, 0) is 0 Å². The number of carbonyl (C=O) groups excluding carboxylic acids is 1. The Morgan fingerprint density at radius 2 is 2.08 bits per heavy atom. The zero-order chi connectivity index (χ0) is 16.5. The maximum Gasteiger partial charge on any atom is 0.259 e. The monoisotopic (exact) mass is 321 g/mol. The van der Waals surface area contributed by atoms with Crippen molar-refractivity contribution in [3.63, 3.8) is 0 Å². The molecular formula is C18H19N5O. The van der Waals surface area contributed by atoms with E-state index in [9.17, 15) is 4.79 Å². The number of para-hydroxylation sites is 1. The maximum atomic E-state index is 12.9. The number of aryl methyl sites for hydroxylation is 1. The van der Waals surface area contributed by atoms with Gasteiger partial charge in [-0.2, -0.15) is 5.10 Å². The third kappa shape index (κ3) is 2.60. The molecule has 1 N–H and O–H groups in total. The van der Waals surface area contributed by atoms with Crippen molar-refractivity contribution >= 4 is 17.2 Å². The highest BCUT2D eigenvalue weighted by Gasteiger charge is 2.30. The molecule has 1 aliphatic rings. The molecule has 1 aromatic carbocycles. The zero-order valence-electron chi connectivity index (χ0n) is 13.5. The van der Waals surface area contributed by atoms with Crippen molar-refractivity contribution in [3.8, 4) is 0 Å². The molecule has 4 rings (SSSR count). The van der Waals surface area contributed by atoms with E-state index in [4.69, 9.17) is 0 Å². The van der Waals surface area contributed by atoms with Gasteiger partial charge in [-0.05, 0) is 31.5 Å². The Balaban J connectivity index is 1.52. The molecule has 0 radical (unpaired) electrons. The Labute approximate surface area is 140 Å². The molecule has 6 nitrogen and oxygen atoms in total. The number of likely N-dealkylation sites (tertiary alicyclic amines) is 1. The van der Waals surface area contributed by atoms with Gasteiger partial charge in [-0.15, -0.1) is 0 Å². The summed E-state index contributed by atoms with van der Waals surface area (Å²) in [5.41, 5.74) is 3.04. The molecule has 0 aliphatic carbocycles. The fourth-order valence-electron chi connectivity index (χ4n) is 3.24. The third-order valence-corrected chi connectivity index (χ3v) is 4.40. The summed E-state index contributed by atoms with van der Waals surface area (Å²) in [5.74, 6) is 0.0126. The molecule has 2 aromatic heterocycles. The van der Waals surface area contributed by atoms with E-state index in [1.165, 1.54) is 0 Å². The number of nitrogens with one attached hydrogen (secondary N) is 1. The first kappa shape index (κ1) is 14.7. The summed E-state index contributed by atoms with van der Waals surface area (Å²) in [4.78, 5) is 19.2. The van der Waals surface area contributed by atoms with Crippen LogP contribution < -0.4 is 5.32 Å². The standard InChI is InChI=1S/C18H19N5O/c1-13-16(17-19-9-5-10-23(17)21-13)18(24)22-11-8-15(12-22)20-14-6-3-2-4-7-14/h2-7,9-10,15,20H,8,11-12H2,1H3/t15-/m0/s1. The molecule has 0 bridgehead atoms. The minimum atomic E-state index is 0.0126. The summed E-state index contributed by atoms with van der Waals surface area (Å²) >= 11 is 0. The van der Waals surface area contributed by atoms with Crippen molar-refractivity contribution in [1.82, 2.24) is 19.5 Å². The summed E-state index contributed by atoms with van der Waals surface area (Å²) in [6.07, 6.45) is 4.44. The largest absolute Gasteiger partial charge is 0.380 e. The van der Waals surface area contributed by atoms with Crippen LogP contribution in [0.25, 0.3) is 5.65 Å². The fourth-order valence-corrected chi connectivity index (χ4v) is 3.24. The summed E-state index contributed by atoms with van der Waals surface area (Å²) in [7, 11) is 0. The zero-order valence-corrected chi connectivity index (χ0v) is 13.5. The molecule has 3 heterocycles. The van der Waals surface area contributed by atoms with E-state index in [1.807, 2.05) is 54.4 Å². The van der Waals surface area contributed by atoms with Crippen molar-refractivity contribution in [3.05, 3.63) is 60.0 Å². The van der Waals surface area contributed by atoms with Gasteiger partial charge in [-0.3, -0.25) is 4.79 Å². The van der Waals surface area contributed by atoms with Gasteiger partial charge in [0.25, 0.3) is 5.91 Å². The van der Waals surface area contributed by atoms with Crippen LogP contribution in [0.1, 0.15) is 22.5 Å². The van der Waals surface area contributed by atoms with Crippen molar-refractivity contribution in [1.29, 1.82) is 0 Å². The molecule has 3 aromatic rings. The predicted octanol–water partition coefficient (Wildman–Crippen LogP) is 2.36. The number of hydrogen-bond acceptors (Lipinski definition) is 4. The molecule has 24 heavy (non-hydrogen) atoms. The minimum Gasteiger partial charge on any atom is -0.380 e. The number of carbonyl (C=O) groups is 1. The molecule has 6 heteroatoms. The van der Waals surface area contributed by atoms with Gasteiger partial charge >= 0.3 is 0 Å². The normalized spacial score (nSPS) is 17.4. The Bertz CT molecular complexity index is 874. The van der Waals surface area contributed by atoms with Gasteiger partial charge in [0.1, 0.15) is 5.56 Å². The van der Waals surface area contributed by atoms with Gasteiger partial charge in [0.15, 0.2) is 5.65 Å². The van der Waals surface area contributed by atoms with E-state index in [1.54, 1.807) is 10.7 Å². The molecule has 1 fully saturated rings. The van der Waals surface area contributed by atoms with Gasteiger partial charge in [-0.25, -0.2) is 9.50 Å². The van der Waals surface area contributed by atoms with E-state index in [0.29, 0.717) is 17.8 Å². The van der Waals surface area contributed by atoms with Crippen LogP contribution in [0, 0.1) is 6.92 Å². The Hall–Kier alpha value is -2.89. The van der Waals surface area contributed by atoms with Crippen molar-refractivity contribution in [2.75, 3.05) is 18.4 Å². The van der Waals surface area contributed by atoms with Gasteiger partial charge in [-0.1, -0.05) is 18.2 Å². The molecule has 1 atom stereocenters. The summed E-state index contributed by atoms with van der Waals surface area (Å²) in [5, 5.41) is 7.88. The minimum absolute atomic E-state index is 0.0126. The number of rotatable bonds is 3. The molecule has 0 spiro atoms. The number of amides is 1. The second kappa shape index (κ2) is 5.96. The highest BCUT2D eigenvalue weighted by molar-refractivity contribution is 6.01. The van der Waals surface area contributed by atoms with Crippen LogP contribution in [0.2, 0.25) is 0 Å². The van der Waals surface area contributed by atoms with Gasteiger partial charge < -0.3 is 10.2 Å². The number of nitrogens with zero attached hydrogens (tertiary/aromatic N) is 4. The first-order chi connectivity index (χ1) is 11.7. The number of hydrogen-bond donors (Lipinski definition) is 1. The number of aromatic nitrogens is 3. The molecular weight excluding hydrogens is 302 g/mol. The van der Waals surface area contributed by atoms with Gasteiger partial charge in [0, 0.05) is 37.2 Å². The van der Waals surface area contributed by atoms with Crippen molar-refractivity contribution in [2.24, 2.45) is 0 Å². The Kier molecular flexibility index (Phi) is 3.65. The lowest BCUT2D eigenvalue weighted by molar-refractivity contribution is 0.0792. The van der Waals surface area contributed by atoms with Crippen molar-refractivity contribution < 1.29 is 4.79 Å². The van der Waals surface area contributed by atoms with E-state index < -0.39 is 0 Å². The number of benzene rings is 1. The van der Waals surface area contributed by atoms with Gasteiger partial charge in [0.2, 0.25) is 0 Å².